The first-order valence-electron chi connectivity index (χ1n) is 5.35. The molecule has 0 aromatic heterocycles. The lowest BCUT2D eigenvalue weighted by molar-refractivity contribution is -0.152. The summed E-state index contributed by atoms with van der Waals surface area (Å²) in [5.41, 5.74) is 0.699. The van der Waals surface area contributed by atoms with Crippen LogP contribution in [0.4, 0.5) is 5.69 Å². The lowest BCUT2D eigenvalue weighted by atomic mass is 10.1. The van der Waals surface area contributed by atoms with Crippen molar-refractivity contribution in [2.24, 2.45) is 0 Å². The normalized spacial score (nSPS) is 18.4. The number of fused-ring (bicyclic) bond motifs is 1. The Hall–Kier alpha value is -2.04. The second kappa shape index (κ2) is 4.45. The quantitative estimate of drug-likeness (QED) is 0.434. The molecule has 90 valence electrons. The highest BCUT2D eigenvalue weighted by Crippen LogP contribution is 2.33. The van der Waals surface area contributed by atoms with Crippen LogP contribution in [-0.4, -0.2) is 31.6 Å². The lowest BCUT2D eigenvalue weighted by Gasteiger charge is -2.32. The summed E-state index contributed by atoms with van der Waals surface area (Å²) in [6.45, 7) is 1.93. The fraction of sp³-hybridized carbons (Fsp3) is 0.333. The van der Waals surface area contributed by atoms with Gasteiger partial charge in [-0.05, 0) is 19.1 Å². The Bertz CT molecular complexity index is 458. The van der Waals surface area contributed by atoms with E-state index in [1.165, 1.54) is 0 Å². The number of carbonyl (C=O) groups is 2. The Labute approximate surface area is 98.9 Å². The number of anilines is 1. The van der Waals surface area contributed by atoms with Gasteiger partial charge in [0.1, 0.15) is 0 Å². The van der Waals surface area contributed by atoms with Crippen molar-refractivity contribution in [2.45, 2.75) is 13.0 Å². The number of likely N-dealkylation sites (N-methyl/N-ethyl adjacent to an activating group) is 1. The van der Waals surface area contributed by atoms with Gasteiger partial charge in [0.15, 0.2) is 5.75 Å². The van der Waals surface area contributed by atoms with Gasteiger partial charge in [-0.25, -0.2) is 9.59 Å². The highest BCUT2D eigenvalue weighted by atomic mass is 16.6. The first-order chi connectivity index (χ1) is 8.15. The van der Waals surface area contributed by atoms with Gasteiger partial charge in [-0.15, -0.1) is 0 Å². The second-order valence-electron chi connectivity index (χ2n) is 3.65. The monoisotopic (exact) mass is 235 g/mol. The van der Waals surface area contributed by atoms with E-state index >= 15 is 0 Å². The molecule has 0 spiro atoms. The number of hydrogen-bond acceptors (Lipinski definition) is 5. The number of ether oxygens (including phenoxy) is 2. The van der Waals surface area contributed by atoms with Gasteiger partial charge in [0.05, 0.1) is 12.3 Å². The topological polar surface area (TPSA) is 55.8 Å². The zero-order valence-electron chi connectivity index (χ0n) is 9.67. The van der Waals surface area contributed by atoms with Gasteiger partial charge in [-0.3, -0.25) is 0 Å². The van der Waals surface area contributed by atoms with Crippen LogP contribution in [0.25, 0.3) is 0 Å². The average Bonchev–Trinajstić information content (AvgIpc) is 2.29. The van der Waals surface area contributed by atoms with E-state index in [4.69, 9.17) is 9.47 Å². The third kappa shape index (κ3) is 1.95. The molecule has 2 rings (SSSR count). The van der Waals surface area contributed by atoms with Crippen LogP contribution in [0, 0.1) is 0 Å². The first-order valence-corrected chi connectivity index (χ1v) is 5.35. The van der Waals surface area contributed by atoms with Crippen molar-refractivity contribution in [3.05, 3.63) is 24.3 Å². The molecule has 1 atom stereocenters. The second-order valence-corrected chi connectivity index (χ2v) is 3.65. The van der Waals surface area contributed by atoms with Crippen LogP contribution in [0.3, 0.4) is 0 Å². The Morgan fingerprint density at radius 2 is 2.18 bits per heavy atom. The Morgan fingerprint density at radius 1 is 1.47 bits per heavy atom. The maximum atomic E-state index is 11.7. The van der Waals surface area contributed by atoms with Crippen LogP contribution >= 0.6 is 0 Å². The summed E-state index contributed by atoms with van der Waals surface area (Å²) in [6, 6.07) is 6.03. The van der Waals surface area contributed by atoms with Gasteiger partial charge in [-0.1, -0.05) is 12.1 Å². The zero-order chi connectivity index (χ0) is 12.4. The van der Waals surface area contributed by atoms with Crippen molar-refractivity contribution in [1.29, 1.82) is 0 Å². The van der Waals surface area contributed by atoms with E-state index in [9.17, 15) is 9.59 Å². The molecule has 1 unspecified atom stereocenters. The first kappa shape index (κ1) is 11.4. The van der Waals surface area contributed by atoms with E-state index in [-0.39, 0.29) is 6.61 Å². The summed E-state index contributed by atoms with van der Waals surface area (Å²) in [5, 5.41) is 0. The number of benzene rings is 1. The Balaban J connectivity index is 2.33. The van der Waals surface area contributed by atoms with Gasteiger partial charge in [-0.2, -0.15) is 0 Å². The van der Waals surface area contributed by atoms with Gasteiger partial charge >= 0.3 is 11.9 Å². The summed E-state index contributed by atoms with van der Waals surface area (Å²) >= 11 is 0. The lowest BCUT2D eigenvalue weighted by Crippen LogP contribution is -2.50. The van der Waals surface area contributed by atoms with Crippen molar-refractivity contribution in [3.8, 4) is 5.75 Å². The molecule has 1 aromatic carbocycles. The van der Waals surface area contributed by atoms with E-state index in [0.29, 0.717) is 11.4 Å². The van der Waals surface area contributed by atoms with Crippen LogP contribution in [0.1, 0.15) is 6.92 Å². The molecule has 0 N–H and O–H groups in total. The number of hydrogen-bond donors (Lipinski definition) is 0. The molecule has 1 heterocycles. The number of rotatable bonds is 2. The van der Waals surface area contributed by atoms with E-state index in [0.717, 1.165) is 0 Å². The third-order valence-corrected chi connectivity index (χ3v) is 2.58. The third-order valence-electron chi connectivity index (χ3n) is 2.58. The smallest absolute Gasteiger partial charge is 0.346 e. The predicted octanol–water partition coefficient (Wildman–Crippen LogP) is 0.974. The van der Waals surface area contributed by atoms with E-state index in [1.807, 2.05) is 6.07 Å². The molecular formula is C12H13NO4. The Morgan fingerprint density at radius 3 is 2.88 bits per heavy atom. The molecule has 0 fully saturated rings. The molecule has 17 heavy (non-hydrogen) atoms. The minimum absolute atomic E-state index is 0.234. The van der Waals surface area contributed by atoms with E-state index < -0.39 is 18.0 Å². The molecule has 0 saturated heterocycles. The number of para-hydroxylation sites is 2. The summed E-state index contributed by atoms with van der Waals surface area (Å²) in [4.78, 5) is 25.0. The van der Waals surface area contributed by atoms with Crippen molar-refractivity contribution >= 4 is 17.6 Å². The van der Waals surface area contributed by atoms with Gasteiger partial charge in [0.25, 0.3) is 0 Å². The standard InChI is InChI=1S/C12H13NO4/c1-3-16-11(14)10-12(15)17-9-7-5-4-6-8(9)13(10)2/h4-7,10H,3H2,1-2H3. The van der Waals surface area contributed by atoms with Gasteiger partial charge in [0, 0.05) is 7.05 Å². The van der Waals surface area contributed by atoms with Crippen LogP contribution < -0.4 is 9.64 Å². The molecule has 5 nitrogen and oxygen atoms in total. The van der Waals surface area contributed by atoms with Gasteiger partial charge in [0.2, 0.25) is 6.04 Å². The maximum Gasteiger partial charge on any atom is 0.346 e. The fourth-order valence-electron chi connectivity index (χ4n) is 1.77. The largest absolute Gasteiger partial charge is 0.464 e. The van der Waals surface area contributed by atoms with E-state index in [1.54, 1.807) is 37.1 Å². The van der Waals surface area contributed by atoms with Crippen LogP contribution in [0.15, 0.2) is 24.3 Å². The fourth-order valence-corrected chi connectivity index (χ4v) is 1.77. The minimum atomic E-state index is -1.02. The number of esters is 2. The predicted molar refractivity (Wildman–Crippen MR) is 60.9 cm³/mol. The summed E-state index contributed by atoms with van der Waals surface area (Å²) in [5.74, 6) is -0.736. The molecule has 0 aliphatic carbocycles. The molecule has 0 saturated carbocycles. The summed E-state index contributed by atoms with van der Waals surface area (Å²) in [6.07, 6.45) is 0. The van der Waals surface area contributed by atoms with Crippen LogP contribution in [0.5, 0.6) is 5.75 Å². The van der Waals surface area contributed by atoms with Gasteiger partial charge < -0.3 is 14.4 Å². The molecule has 1 aliphatic heterocycles. The zero-order valence-corrected chi connectivity index (χ0v) is 9.67. The van der Waals surface area contributed by atoms with Crippen molar-refractivity contribution in [2.75, 3.05) is 18.6 Å². The van der Waals surface area contributed by atoms with Crippen LogP contribution in [0.2, 0.25) is 0 Å². The van der Waals surface area contributed by atoms with E-state index in [2.05, 4.69) is 0 Å². The molecule has 0 bridgehead atoms. The average molecular weight is 235 g/mol. The maximum absolute atomic E-state index is 11.7. The molecule has 1 aliphatic rings. The summed E-state index contributed by atoms with van der Waals surface area (Å²) < 4.78 is 9.96. The molecular weight excluding hydrogens is 222 g/mol. The van der Waals surface area contributed by atoms with Crippen molar-refractivity contribution in [1.82, 2.24) is 0 Å². The highest BCUT2D eigenvalue weighted by molar-refractivity contribution is 6.05. The molecule has 0 amide bonds. The SMILES string of the molecule is CCOC(=O)C1C(=O)Oc2ccccc2N1C. The van der Waals surface area contributed by atoms with Crippen molar-refractivity contribution in [3.63, 3.8) is 0 Å². The summed E-state index contributed by atoms with van der Waals surface area (Å²) in [7, 11) is 1.67. The van der Waals surface area contributed by atoms with Crippen LogP contribution in [-0.2, 0) is 14.3 Å². The molecule has 0 radical (unpaired) electrons. The highest BCUT2D eigenvalue weighted by Gasteiger charge is 2.39. The van der Waals surface area contributed by atoms with Crippen molar-refractivity contribution < 1.29 is 19.1 Å². The number of carbonyl (C=O) groups excluding carboxylic acids is 2. The molecule has 1 aromatic rings. The number of nitrogens with zero attached hydrogens (tertiary/aromatic N) is 1. The Kier molecular flexibility index (Phi) is 2.99. The molecule has 5 heteroatoms. The minimum Gasteiger partial charge on any atom is -0.464 e.